The Morgan fingerprint density at radius 1 is 1.22 bits per heavy atom. The smallest absolute Gasteiger partial charge is 0.280 e. The van der Waals surface area contributed by atoms with E-state index in [2.05, 4.69) is 21.6 Å². The van der Waals surface area contributed by atoms with Crippen LogP contribution in [0.25, 0.3) is 0 Å². The summed E-state index contributed by atoms with van der Waals surface area (Å²) in [6.45, 7) is 1.49. The lowest BCUT2D eigenvalue weighted by Gasteiger charge is -2.22. The topological polar surface area (TPSA) is 35.7 Å². The van der Waals surface area contributed by atoms with Crippen molar-refractivity contribution in [2.45, 2.75) is 25.0 Å². The molecular weight excluding hydrogens is 308 g/mol. The first-order chi connectivity index (χ1) is 11.2. The maximum Gasteiger partial charge on any atom is 0.280 e. The van der Waals surface area contributed by atoms with Crippen molar-refractivity contribution in [3.05, 3.63) is 46.7 Å². The summed E-state index contributed by atoms with van der Waals surface area (Å²) in [4.78, 5) is 3.28. The van der Waals surface area contributed by atoms with Gasteiger partial charge in [0.15, 0.2) is 6.54 Å². The number of methoxy groups -OCH3 is 1. The number of β-amino-alcohol motifs (C(OH)–C–C–N with tert-alkyl or cyclic N) is 1. The van der Waals surface area contributed by atoms with Crippen LogP contribution in [0, 0.1) is 0 Å². The van der Waals surface area contributed by atoms with Crippen LogP contribution in [0.4, 0.5) is 5.69 Å². The fraction of sp³-hybridized carbons (Fsp3) is 0.389. The number of nitrogens with zero attached hydrogens (tertiary/aromatic N) is 2. The Labute approximate surface area is 140 Å². The molecule has 0 saturated heterocycles. The van der Waals surface area contributed by atoms with Crippen LogP contribution < -0.4 is 9.64 Å². The highest BCUT2D eigenvalue weighted by Crippen LogP contribution is 2.37. The van der Waals surface area contributed by atoms with Crippen LogP contribution in [0.2, 0.25) is 0 Å². The van der Waals surface area contributed by atoms with E-state index in [0.29, 0.717) is 6.54 Å². The predicted octanol–water partition coefficient (Wildman–Crippen LogP) is 3.02. The minimum Gasteiger partial charge on any atom is -0.497 e. The Morgan fingerprint density at radius 3 is 2.74 bits per heavy atom. The molecule has 0 aliphatic carbocycles. The molecule has 5 heteroatoms. The maximum atomic E-state index is 11.4. The standard InChI is InChI=1S/C18H21N2O2S/c1-22-15-9-7-14(8-10-15)19-13-18(21,16-5-4-12-23-16)20-11-3-2-6-17(19)20/h4-5,7-10,12,21H,2-3,6,11,13H2,1H3/q+1/t18-/m1/s1. The van der Waals surface area contributed by atoms with Crippen LogP contribution in [0.1, 0.15) is 24.1 Å². The van der Waals surface area contributed by atoms with Gasteiger partial charge in [0.05, 0.1) is 18.5 Å². The average Bonchev–Trinajstić information content (AvgIpc) is 3.23. The van der Waals surface area contributed by atoms with E-state index in [-0.39, 0.29) is 0 Å². The second-order valence-electron chi connectivity index (χ2n) is 6.10. The monoisotopic (exact) mass is 329 g/mol. The van der Waals surface area contributed by atoms with Crippen LogP contribution in [-0.4, -0.2) is 35.7 Å². The van der Waals surface area contributed by atoms with Crippen molar-refractivity contribution in [2.75, 3.05) is 25.1 Å². The lowest BCUT2D eigenvalue weighted by atomic mass is 10.1. The molecule has 120 valence electrons. The Balaban J connectivity index is 1.75. The third-order valence-electron chi connectivity index (χ3n) is 4.78. The Kier molecular flexibility index (Phi) is 3.62. The van der Waals surface area contributed by atoms with Crippen molar-refractivity contribution in [3.8, 4) is 5.75 Å². The molecule has 2 aliphatic heterocycles. The summed E-state index contributed by atoms with van der Waals surface area (Å²) in [7, 11) is 1.68. The second-order valence-corrected chi connectivity index (χ2v) is 7.05. The van der Waals surface area contributed by atoms with Gasteiger partial charge in [0.1, 0.15) is 11.4 Å². The van der Waals surface area contributed by atoms with Crippen LogP contribution >= 0.6 is 11.3 Å². The van der Waals surface area contributed by atoms with Gasteiger partial charge in [0.2, 0.25) is 0 Å². The third kappa shape index (κ3) is 2.35. The van der Waals surface area contributed by atoms with Crippen LogP contribution in [0.5, 0.6) is 5.75 Å². The molecule has 2 aromatic rings. The first kappa shape index (κ1) is 14.7. The highest BCUT2D eigenvalue weighted by Gasteiger charge is 2.53. The summed E-state index contributed by atoms with van der Waals surface area (Å²) in [5.74, 6) is 2.09. The summed E-state index contributed by atoms with van der Waals surface area (Å²) in [6, 6.07) is 12.1. The molecule has 1 aromatic carbocycles. The quantitative estimate of drug-likeness (QED) is 0.879. The largest absolute Gasteiger partial charge is 0.497 e. The zero-order valence-electron chi connectivity index (χ0n) is 13.2. The molecule has 0 fully saturated rings. The molecule has 0 amide bonds. The number of hydrogen-bond donors (Lipinski definition) is 1. The highest BCUT2D eigenvalue weighted by atomic mass is 32.1. The number of thiophene rings is 1. The fourth-order valence-corrected chi connectivity index (χ4v) is 4.44. The highest BCUT2D eigenvalue weighted by molar-refractivity contribution is 7.10. The van der Waals surface area contributed by atoms with E-state index in [4.69, 9.17) is 4.74 Å². The van der Waals surface area contributed by atoms with Gasteiger partial charge in [0, 0.05) is 6.42 Å². The second kappa shape index (κ2) is 5.65. The zero-order valence-corrected chi connectivity index (χ0v) is 14.1. The molecule has 2 aliphatic rings. The number of hydrogen-bond acceptors (Lipinski definition) is 4. The maximum absolute atomic E-state index is 11.4. The molecule has 1 atom stereocenters. The van der Waals surface area contributed by atoms with E-state index < -0.39 is 5.72 Å². The SMILES string of the molecule is COc1ccc(N2C[C@@](O)(c3cccs3)[N+]3=C2CCCC3)cc1. The van der Waals surface area contributed by atoms with Gasteiger partial charge in [0.25, 0.3) is 11.6 Å². The molecule has 0 radical (unpaired) electrons. The van der Waals surface area contributed by atoms with Crippen molar-refractivity contribution in [1.29, 1.82) is 0 Å². The average molecular weight is 329 g/mol. The zero-order chi connectivity index (χ0) is 15.9. The third-order valence-corrected chi connectivity index (χ3v) is 5.79. The molecular formula is C18H21N2O2S+. The van der Waals surface area contributed by atoms with Gasteiger partial charge in [-0.3, -0.25) is 0 Å². The molecule has 1 N–H and O–H groups in total. The van der Waals surface area contributed by atoms with Gasteiger partial charge >= 0.3 is 0 Å². The number of ether oxygens (including phenoxy) is 1. The summed E-state index contributed by atoms with van der Waals surface area (Å²) in [5.41, 5.74) is 0.198. The molecule has 23 heavy (non-hydrogen) atoms. The first-order valence-electron chi connectivity index (χ1n) is 8.04. The van der Waals surface area contributed by atoms with Crippen molar-refractivity contribution in [1.82, 2.24) is 0 Å². The predicted molar refractivity (Wildman–Crippen MR) is 92.5 cm³/mol. The molecule has 3 heterocycles. The summed E-state index contributed by atoms with van der Waals surface area (Å²) in [5, 5.41) is 13.5. The van der Waals surface area contributed by atoms with Gasteiger partial charge in [-0.1, -0.05) is 6.07 Å². The van der Waals surface area contributed by atoms with Crippen molar-refractivity contribution < 1.29 is 14.4 Å². The number of anilines is 1. The molecule has 0 unspecified atom stereocenters. The Hall–Kier alpha value is -1.85. The normalized spacial score (nSPS) is 24.0. The van der Waals surface area contributed by atoms with Crippen LogP contribution in [-0.2, 0) is 5.72 Å². The Bertz CT molecular complexity index is 724. The van der Waals surface area contributed by atoms with Gasteiger partial charge < -0.3 is 9.84 Å². The number of benzene rings is 1. The van der Waals surface area contributed by atoms with Gasteiger partial charge in [-0.05, 0) is 48.6 Å². The van der Waals surface area contributed by atoms with Crippen LogP contribution in [0.15, 0.2) is 41.8 Å². The van der Waals surface area contributed by atoms with E-state index in [1.54, 1.807) is 18.4 Å². The van der Waals surface area contributed by atoms with E-state index >= 15 is 0 Å². The Morgan fingerprint density at radius 2 is 2.04 bits per heavy atom. The molecule has 0 saturated carbocycles. The van der Waals surface area contributed by atoms with E-state index in [9.17, 15) is 5.11 Å². The van der Waals surface area contributed by atoms with E-state index in [1.165, 1.54) is 12.3 Å². The van der Waals surface area contributed by atoms with E-state index in [1.807, 2.05) is 29.6 Å². The van der Waals surface area contributed by atoms with Crippen LogP contribution in [0.3, 0.4) is 0 Å². The van der Waals surface area contributed by atoms with E-state index in [0.717, 1.165) is 35.7 Å². The number of rotatable bonds is 3. The fourth-order valence-electron chi connectivity index (χ4n) is 3.61. The van der Waals surface area contributed by atoms with Crippen molar-refractivity contribution in [3.63, 3.8) is 0 Å². The minimum atomic E-state index is -0.913. The van der Waals surface area contributed by atoms with Gasteiger partial charge in [-0.25, -0.2) is 9.48 Å². The lowest BCUT2D eigenvalue weighted by Crippen LogP contribution is -2.40. The molecule has 4 nitrogen and oxygen atoms in total. The molecule has 0 bridgehead atoms. The first-order valence-corrected chi connectivity index (χ1v) is 8.92. The number of amidine groups is 1. The molecule has 0 spiro atoms. The molecule has 4 rings (SSSR count). The van der Waals surface area contributed by atoms with Crippen molar-refractivity contribution in [2.24, 2.45) is 0 Å². The summed E-state index contributed by atoms with van der Waals surface area (Å²) in [6.07, 6.45) is 3.33. The number of aliphatic hydroxyl groups is 1. The molecule has 1 aromatic heterocycles. The van der Waals surface area contributed by atoms with Gasteiger partial charge in [-0.2, -0.15) is 0 Å². The minimum absolute atomic E-state index is 0.579. The lowest BCUT2D eigenvalue weighted by molar-refractivity contribution is -0.660. The summed E-state index contributed by atoms with van der Waals surface area (Å²) < 4.78 is 7.46. The van der Waals surface area contributed by atoms with Crippen molar-refractivity contribution >= 4 is 22.9 Å². The summed E-state index contributed by atoms with van der Waals surface area (Å²) >= 11 is 1.63. The van der Waals surface area contributed by atoms with Gasteiger partial charge in [-0.15, -0.1) is 11.3 Å².